The zero-order valence-electron chi connectivity index (χ0n) is 12.8. The summed E-state index contributed by atoms with van der Waals surface area (Å²) >= 11 is 6.17. The zero-order chi connectivity index (χ0) is 17.1. The van der Waals surface area contributed by atoms with E-state index in [0.717, 1.165) is 0 Å². The summed E-state index contributed by atoms with van der Waals surface area (Å²) in [4.78, 5) is 20.9. The fourth-order valence-corrected chi connectivity index (χ4v) is 2.56. The van der Waals surface area contributed by atoms with E-state index in [1.165, 1.54) is 23.4 Å². The molecule has 1 unspecified atom stereocenters. The molecule has 9 heteroatoms. The second-order valence-electron chi connectivity index (χ2n) is 5.53. The Morgan fingerprint density at radius 2 is 2.22 bits per heavy atom. The van der Waals surface area contributed by atoms with Crippen LogP contribution in [0.15, 0.2) is 34.9 Å². The molecule has 0 saturated heterocycles. The van der Waals surface area contributed by atoms with Crippen LogP contribution >= 0.6 is 11.6 Å². The van der Waals surface area contributed by atoms with Gasteiger partial charge < -0.3 is 26.8 Å². The highest BCUT2D eigenvalue weighted by Crippen LogP contribution is 2.29. The van der Waals surface area contributed by atoms with Crippen molar-refractivity contribution in [3.63, 3.8) is 0 Å². The highest BCUT2D eigenvalue weighted by Gasteiger charge is 2.32. The number of hydrogen-bond donors (Lipinski definition) is 4. The summed E-state index contributed by atoms with van der Waals surface area (Å²) in [6.07, 6.45) is 1.63. The summed E-state index contributed by atoms with van der Waals surface area (Å²) in [6, 6.07) is 1.52. The molecule has 1 aliphatic rings. The molecule has 1 aliphatic heterocycles. The molecule has 6 N–H and O–H groups in total. The van der Waals surface area contributed by atoms with Crippen LogP contribution in [0, 0.1) is 5.92 Å². The van der Waals surface area contributed by atoms with Crippen LogP contribution < -0.4 is 16.8 Å². The third-order valence-corrected chi connectivity index (χ3v) is 3.41. The van der Waals surface area contributed by atoms with Gasteiger partial charge in [0.25, 0.3) is 5.91 Å². The van der Waals surface area contributed by atoms with Gasteiger partial charge in [0, 0.05) is 12.6 Å². The van der Waals surface area contributed by atoms with Crippen LogP contribution in [-0.4, -0.2) is 38.7 Å². The number of allylic oxidation sites excluding steroid dienone is 2. The van der Waals surface area contributed by atoms with Crippen molar-refractivity contribution in [2.45, 2.75) is 20.1 Å². The topological polar surface area (TPSA) is 130 Å². The number of halogens is 1. The molecule has 0 radical (unpaired) electrons. The molecule has 0 saturated carbocycles. The predicted molar refractivity (Wildman–Crippen MR) is 87.8 cm³/mol. The van der Waals surface area contributed by atoms with Gasteiger partial charge in [0.2, 0.25) is 0 Å². The van der Waals surface area contributed by atoms with Gasteiger partial charge in [0.15, 0.2) is 6.23 Å². The number of anilines is 2. The Labute approximate surface area is 138 Å². The quantitative estimate of drug-likeness (QED) is 0.617. The van der Waals surface area contributed by atoms with Gasteiger partial charge in [-0.25, -0.2) is 9.97 Å². The van der Waals surface area contributed by atoms with Crippen molar-refractivity contribution >= 4 is 29.1 Å². The van der Waals surface area contributed by atoms with Gasteiger partial charge in [-0.15, -0.1) is 0 Å². The average Bonchev–Trinajstić information content (AvgIpc) is 2.43. The van der Waals surface area contributed by atoms with Crippen molar-refractivity contribution in [1.29, 1.82) is 0 Å². The molecule has 8 nitrogen and oxygen atoms in total. The minimum Gasteiger partial charge on any atom is -0.384 e. The van der Waals surface area contributed by atoms with E-state index in [9.17, 15) is 9.90 Å². The third kappa shape index (κ3) is 3.91. The highest BCUT2D eigenvalue weighted by molar-refractivity contribution is 6.33. The lowest BCUT2D eigenvalue weighted by molar-refractivity contribution is -0.117. The second-order valence-corrected chi connectivity index (χ2v) is 5.94. The number of rotatable bonds is 5. The number of nitrogens with zero attached hydrogens (tertiary/aromatic N) is 3. The molecular weight excluding hydrogens is 320 g/mol. The normalized spacial score (nSPS) is 18.2. The van der Waals surface area contributed by atoms with Crippen LogP contribution in [0.3, 0.4) is 0 Å². The zero-order valence-corrected chi connectivity index (χ0v) is 13.6. The number of nitrogens with one attached hydrogen (secondary N) is 1. The third-order valence-electron chi connectivity index (χ3n) is 3.12. The summed E-state index contributed by atoms with van der Waals surface area (Å²) in [6.45, 7) is 4.31. The molecule has 0 spiro atoms. The Balaban J connectivity index is 2.36. The molecule has 23 heavy (non-hydrogen) atoms. The molecule has 0 aliphatic carbocycles. The average molecular weight is 339 g/mol. The van der Waals surface area contributed by atoms with E-state index in [2.05, 4.69) is 15.3 Å². The first kappa shape index (κ1) is 17.0. The van der Waals surface area contributed by atoms with Crippen LogP contribution in [0.5, 0.6) is 0 Å². The van der Waals surface area contributed by atoms with Gasteiger partial charge in [-0.2, -0.15) is 0 Å². The number of carbonyl (C=O) groups excluding carboxylic acids is 1. The minimum atomic E-state index is -1.11. The summed E-state index contributed by atoms with van der Waals surface area (Å²) in [5.41, 5.74) is 11.4. The Kier molecular flexibility index (Phi) is 5.07. The van der Waals surface area contributed by atoms with E-state index in [1.54, 1.807) is 0 Å². The first-order valence-corrected chi connectivity index (χ1v) is 7.37. The predicted octanol–water partition coefficient (Wildman–Crippen LogP) is 0.580. The molecule has 1 aromatic heterocycles. The lowest BCUT2D eigenvalue weighted by Crippen LogP contribution is -2.46. The standard InChI is InChI=1S/C14H19ClN6O2/c1-7(2)5-21-12(13(17)22)8(15)3-9(14(21)23)20-11-4-10(16)18-6-19-11/h3-4,6-7,14,23H,5H2,1-2H3,(H2,17,22)(H3,16,18,19,20). The van der Waals surface area contributed by atoms with E-state index in [1.807, 2.05) is 13.8 Å². The lowest BCUT2D eigenvalue weighted by atomic mass is 10.1. The van der Waals surface area contributed by atoms with E-state index in [-0.39, 0.29) is 22.5 Å². The monoisotopic (exact) mass is 338 g/mol. The van der Waals surface area contributed by atoms with Crippen molar-refractivity contribution in [2.75, 3.05) is 17.6 Å². The number of carbonyl (C=O) groups is 1. The fraction of sp³-hybridized carbons (Fsp3) is 0.357. The molecule has 2 rings (SSSR count). The lowest BCUT2D eigenvalue weighted by Gasteiger charge is -2.36. The molecule has 1 aromatic rings. The van der Waals surface area contributed by atoms with Crippen molar-refractivity contribution < 1.29 is 9.90 Å². The molecule has 2 heterocycles. The van der Waals surface area contributed by atoms with Gasteiger partial charge in [-0.1, -0.05) is 25.4 Å². The molecule has 0 bridgehead atoms. The summed E-state index contributed by atoms with van der Waals surface area (Å²) < 4.78 is 0. The van der Waals surface area contributed by atoms with Gasteiger partial charge in [0.05, 0.1) is 10.7 Å². The number of primary amides is 1. The Morgan fingerprint density at radius 1 is 1.52 bits per heavy atom. The van der Waals surface area contributed by atoms with Crippen LogP contribution in [-0.2, 0) is 4.79 Å². The number of nitrogens with two attached hydrogens (primary N) is 2. The van der Waals surface area contributed by atoms with Crippen molar-refractivity contribution in [3.8, 4) is 0 Å². The van der Waals surface area contributed by atoms with E-state index in [0.29, 0.717) is 18.1 Å². The number of nitrogen functional groups attached to an aromatic ring is 1. The van der Waals surface area contributed by atoms with Crippen LogP contribution in [0.4, 0.5) is 11.6 Å². The van der Waals surface area contributed by atoms with Crippen LogP contribution in [0.25, 0.3) is 0 Å². The van der Waals surface area contributed by atoms with Crippen molar-refractivity contribution in [2.24, 2.45) is 11.7 Å². The summed E-state index contributed by atoms with van der Waals surface area (Å²) in [5.74, 6) is 0.167. The number of amides is 1. The van der Waals surface area contributed by atoms with Gasteiger partial charge in [0.1, 0.15) is 23.7 Å². The Bertz CT molecular complexity index is 673. The molecule has 124 valence electrons. The molecule has 0 fully saturated rings. The van der Waals surface area contributed by atoms with Gasteiger partial charge in [-0.05, 0) is 12.0 Å². The van der Waals surface area contributed by atoms with E-state index >= 15 is 0 Å². The smallest absolute Gasteiger partial charge is 0.266 e. The van der Waals surface area contributed by atoms with Crippen molar-refractivity contribution in [1.82, 2.24) is 14.9 Å². The maximum absolute atomic E-state index is 11.7. The highest BCUT2D eigenvalue weighted by atomic mass is 35.5. The number of aliphatic hydroxyl groups is 1. The van der Waals surface area contributed by atoms with Gasteiger partial charge >= 0.3 is 0 Å². The number of aliphatic hydroxyl groups excluding tert-OH is 1. The largest absolute Gasteiger partial charge is 0.384 e. The van der Waals surface area contributed by atoms with Crippen molar-refractivity contribution in [3.05, 3.63) is 34.9 Å². The number of aromatic nitrogens is 2. The summed E-state index contributed by atoms with van der Waals surface area (Å²) in [7, 11) is 0. The Hall–Kier alpha value is -2.32. The Morgan fingerprint density at radius 3 is 2.78 bits per heavy atom. The molecular formula is C14H19ClN6O2. The maximum atomic E-state index is 11.7. The number of hydrogen-bond acceptors (Lipinski definition) is 7. The molecule has 0 aromatic carbocycles. The SMILES string of the molecule is CC(C)CN1C(C(N)=O)=C(Cl)C=C(Nc2cc(N)ncn2)C1O. The summed E-state index contributed by atoms with van der Waals surface area (Å²) in [5, 5.41) is 13.6. The van der Waals surface area contributed by atoms with E-state index in [4.69, 9.17) is 23.1 Å². The van der Waals surface area contributed by atoms with Crippen LogP contribution in [0.2, 0.25) is 0 Å². The first-order valence-electron chi connectivity index (χ1n) is 7.00. The molecule has 1 amide bonds. The van der Waals surface area contributed by atoms with E-state index < -0.39 is 12.1 Å². The first-order chi connectivity index (χ1) is 10.8. The minimum absolute atomic E-state index is 0.0839. The molecule has 1 atom stereocenters. The van der Waals surface area contributed by atoms with Gasteiger partial charge in [-0.3, -0.25) is 4.79 Å². The maximum Gasteiger partial charge on any atom is 0.266 e. The van der Waals surface area contributed by atoms with Crippen LogP contribution in [0.1, 0.15) is 13.8 Å². The second kappa shape index (κ2) is 6.84. The fourth-order valence-electron chi connectivity index (χ4n) is 2.24.